The number of rotatable bonds is 3. The Kier molecular flexibility index (Phi) is 3.66. The van der Waals surface area contributed by atoms with Gasteiger partial charge in [-0.05, 0) is 37.1 Å². The Balaban J connectivity index is 2.70. The Hall–Kier alpha value is -1.75. The van der Waals surface area contributed by atoms with Gasteiger partial charge in [0.1, 0.15) is 0 Å². The molecular weight excluding hydrogens is 262 g/mol. The molecule has 0 bridgehead atoms. The summed E-state index contributed by atoms with van der Waals surface area (Å²) in [5.74, 6) is -0.933. The molecule has 5 heteroatoms. The molecule has 1 heterocycles. The van der Waals surface area contributed by atoms with E-state index in [1.54, 1.807) is 11.6 Å². The zero-order valence-corrected chi connectivity index (χ0v) is 11.9. The molecule has 0 spiro atoms. The van der Waals surface area contributed by atoms with Crippen LogP contribution in [0.5, 0.6) is 0 Å². The second-order valence-electron chi connectivity index (χ2n) is 4.54. The average molecular weight is 277 g/mol. The topological polar surface area (TPSA) is 59.3 Å². The lowest BCUT2D eigenvalue weighted by molar-refractivity contribution is -0.133. The van der Waals surface area contributed by atoms with Crippen LogP contribution in [0.3, 0.4) is 0 Å². The summed E-state index contributed by atoms with van der Waals surface area (Å²) >= 11 is 1.18. The van der Waals surface area contributed by atoms with Crippen LogP contribution in [0.1, 0.15) is 11.1 Å². The number of carboxylic acids is 1. The summed E-state index contributed by atoms with van der Waals surface area (Å²) in [6.07, 6.45) is 0. The zero-order valence-electron chi connectivity index (χ0n) is 11.1. The van der Waals surface area contributed by atoms with Crippen LogP contribution in [-0.4, -0.2) is 21.4 Å². The summed E-state index contributed by atoms with van der Waals surface area (Å²) in [6, 6.07) is 5.48. The summed E-state index contributed by atoms with van der Waals surface area (Å²) in [5.41, 5.74) is 2.96. The summed E-state index contributed by atoms with van der Waals surface area (Å²) in [5, 5.41) is 9.69. The molecule has 0 saturated carbocycles. The van der Waals surface area contributed by atoms with Crippen molar-refractivity contribution < 1.29 is 9.90 Å². The standard InChI is InChI=1S/C14H15NO3S/c1-8-4-10-11(5-9(8)2)15(3)13(16)6-12(10)19-7-14(17)18/h4-6H,7H2,1-3H3,(H,17,18). The zero-order chi connectivity index (χ0) is 14.2. The van der Waals surface area contributed by atoms with E-state index in [1.807, 2.05) is 26.0 Å². The Morgan fingerprint density at radius 1 is 1.26 bits per heavy atom. The van der Waals surface area contributed by atoms with E-state index in [4.69, 9.17) is 5.11 Å². The Labute approximate surface area is 115 Å². The largest absolute Gasteiger partial charge is 0.481 e. The maximum Gasteiger partial charge on any atom is 0.313 e. The predicted octanol–water partition coefficient (Wildman–Crippen LogP) is 2.33. The highest BCUT2D eigenvalue weighted by atomic mass is 32.2. The second kappa shape index (κ2) is 5.09. The number of thioether (sulfide) groups is 1. The van der Waals surface area contributed by atoms with Crippen molar-refractivity contribution in [1.82, 2.24) is 4.57 Å². The average Bonchev–Trinajstić information content (AvgIpc) is 2.34. The molecule has 1 N–H and O–H groups in total. The van der Waals surface area contributed by atoms with Gasteiger partial charge in [0.15, 0.2) is 0 Å². The third-order valence-electron chi connectivity index (χ3n) is 3.18. The van der Waals surface area contributed by atoms with Crippen LogP contribution >= 0.6 is 11.8 Å². The van der Waals surface area contributed by atoms with Gasteiger partial charge in [-0.15, -0.1) is 11.8 Å². The van der Waals surface area contributed by atoms with E-state index in [0.29, 0.717) is 0 Å². The fourth-order valence-corrected chi connectivity index (χ4v) is 2.72. The van der Waals surface area contributed by atoms with Gasteiger partial charge in [0.25, 0.3) is 5.56 Å². The number of hydrogen-bond donors (Lipinski definition) is 1. The molecule has 0 amide bonds. The molecule has 2 aromatic rings. The molecule has 1 aromatic heterocycles. The monoisotopic (exact) mass is 277 g/mol. The third kappa shape index (κ3) is 2.66. The number of benzene rings is 1. The van der Waals surface area contributed by atoms with Crippen LogP contribution in [0, 0.1) is 13.8 Å². The van der Waals surface area contributed by atoms with Gasteiger partial charge in [-0.3, -0.25) is 9.59 Å². The number of aliphatic carboxylic acids is 1. The van der Waals surface area contributed by atoms with Crippen molar-refractivity contribution >= 4 is 28.6 Å². The van der Waals surface area contributed by atoms with Gasteiger partial charge in [0.05, 0.1) is 11.3 Å². The normalized spacial score (nSPS) is 10.9. The van der Waals surface area contributed by atoms with Gasteiger partial charge in [-0.2, -0.15) is 0 Å². The third-order valence-corrected chi connectivity index (χ3v) is 4.22. The van der Waals surface area contributed by atoms with E-state index < -0.39 is 5.97 Å². The maximum absolute atomic E-state index is 11.9. The van der Waals surface area contributed by atoms with Gasteiger partial charge in [0.2, 0.25) is 0 Å². The van der Waals surface area contributed by atoms with Gasteiger partial charge >= 0.3 is 5.97 Å². The Morgan fingerprint density at radius 2 is 1.89 bits per heavy atom. The van der Waals surface area contributed by atoms with E-state index in [9.17, 15) is 9.59 Å². The molecule has 0 aliphatic carbocycles. The van der Waals surface area contributed by atoms with Crippen molar-refractivity contribution in [3.63, 3.8) is 0 Å². The highest BCUT2D eigenvalue weighted by Gasteiger charge is 2.10. The minimum absolute atomic E-state index is 0.0464. The SMILES string of the molecule is Cc1cc2c(SCC(=O)O)cc(=O)n(C)c2cc1C. The van der Waals surface area contributed by atoms with Crippen LogP contribution < -0.4 is 5.56 Å². The number of carbonyl (C=O) groups is 1. The first-order valence-electron chi connectivity index (χ1n) is 5.85. The second-order valence-corrected chi connectivity index (χ2v) is 5.56. The molecule has 0 unspecified atom stereocenters. The highest BCUT2D eigenvalue weighted by molar-refractivity contribution is 8.00. The molecule has 1 aromatic carbocycles. The predicted molar refractivity (Wildman–Crippen MR) is 77.0 cm³/mol. The molecule has 0 saturated heterocycles. The van der Waals surface area contributed by atoms with E-state index in [-0.39, 0.29) is 11.3 Å². The van der Waals surface area contributed by atoms with Gasteiger partial charge in [-0.25, -0.2) is 0 Å². The molecule has 19 heavy (non-hydrogen) atoms. The first kappa shape index (κ1) is 13.7. The van der Waals surface area contributed by atoms with Crippen LogP contribution in [-0.2, 0) is 11.8 Å². The fraction of sp³-hybridized carbons (Fsp3) is 0.286. The quantitative estimate of drug-likeness (QED) is 0.875. The van der Waals surface area contributed by atoms with E-state index in [0.717, 1.165) is 26.9 Å². The number of aromatic nitrogens is 1. The van der Waals surface area contributed by atoms with Crippen molar-refractivity contribution in [3.8, 4) is 0 Å². The highest BCUT2D eigenvalue weighted by Crippen LogP contribution is 2.28. The van der Waals surface area contributed by atoms with Crippen LogP contribution in [0.4, 0.5) is 0 Å². The lowest BCUT2D eigenvalue weighted by Crippen LogP contribution is -2.16. The molecule has 0 atom stereocenters. The fourth-order valence-electron chi connectivity index (χ4n) is 1.94. The number of fused-ring (bicyclic) bond motifs is 1. The van der Waals surface area contributed by atoms with E-state index >= 15 is 0 Å². The molecular formula is C14H15NO3S. The van der Waals surface area contributed by atoms with Crippen LogP contribution in [0.2, 0.25) is 0 Å². The molecule has 0 aliphatic rings. The molecule has 0 aliphatic heterocycles. The number of aryl methyl sites for hydroxylation is 3. The first-order valence-corrected chi connectivity index (χ1v) is 6.84. The number of pyridine rings is 1. The molecule has 0 fully saturated rings. The lowest BCUT2D eigenvalue weighted by Gasteiger charge is -2.11. The number of nitrogens with zero attached hydrogens (tertiary/aromatic N) is 1. The molecule has 2 rings (SSSR count). The molecule has 4 nitrogen and oxygen atoms in total. The van der Waals surface area contributed by atoms with E-state index in [1.165, 1.54) is 17.8 Å². The maximum atomic E-state index is 11.9. The smallest absolute Gasteiger partial charge is 0.313 e. The van der Waals surface area contributed by atoms with Crippen molar-refractivity contribution in [2.24, 2.45) is 7.05 Å². The summed E-state index contributed by atoms with van der Waals surface area (Å²) < 4.78 is 1.59. The van der Waals surface area contributed by atoms with Gasteiger partial charge < -0.3 is 9.67 Å². The lowest BCUT2D eigenvalue weighted by atomic mass is 10.1. The summed E-state index contributed by atoms with van der Waals surface area (Å²) in [7, 11) is 1.73. The molecule has 0 radical (unpaired) electrons. The van der Waals surface area contributed by atoms with Gasteiger partial charge in [0, 0.05) is 23.4 Å². The van der Waals surface area contributed by atoms with Crippen LogP contribution in [0.15, 0.2) is 27.9 Å². The number of hydrogen-bond acceptors (Lipinski definition) is 3. The van der Waals surface area contributed by atoms with Crippen molar-refractivity contribution in [2.75, 3.05) is 5.75 Å². The summed E-state index contributed by atoms with van der Waals surface area (Å²) in [4.78, 5) is 23.3. The van der Waals surface area contributed by atoms with Crippen LogP contribution in [0.25, 0.3) is 10.9 Å². The van der Waals surface area contributed by atoms with E-state index in [2.05, 4.69) is 0 Å². The van der Waals surface area contributed by atoms with Crippen molar-refractivity contribution in [3.05, 3.63) is 39.7 Å². The minimum atomic E-state index is -0.886. The van der Waals surface area contributed by atoms with Crippen molar-refractivity contribution in [1.29, 1.82) is 0 Å². The Morgan fingerprint density at radius 3 is 2.53 bits per heavy atom. The number of carboxylic acid groups (broad SMARTS) is 1. The van der Waals surface area contributed by atoms with Gasteiger partial charge in [-0.1, -0.05) is 0 Å². The first-order chi connectivity index (χ1) is 8.90. The summed E-state index contributed by atoms with van der Waals surface area (Å²) in [6.45, 7) is 4.00. The minimum Gasteiger partial charge on any atom is -0.481 e. The Bertz CT molecular complexity index is 719. The molecule has 100 valence electrons. The van der Waals surface area contributed by atoms with Crippen molar-refractivity contribution in [2.45, 2.75) is 18.7 Å².